The molecule has 4 unspecified atom stereocenters. The second kappa shape index (κ2) is 10.8. The summed E-state index contributed by atoms with van der Waals surface area (Å²) in [5, 5.41) is 17.7. The maximum atomic E-state index is 12.0. The Bertz CT molecular complexity index is 1370. The number of aromatic amines is 1. The molecule has 3 saturated heterocycles. The first-order valence-electron chi connectivity index (χ1n) is 13.8. The fraction of sp³-hybridized carbons (Fsp3) is 0.467. The molecule has 8 nitrogen and oxygen atoms in total. The Balaban J connectivity index is 1.14. The van der Waals surface area contributed by atoms with Crippen LogP contribution in [-0.4, -0.2) is 73.4 Å². The highest BCUT2D eigenvalue weighted by Crippen LogP contribution is 2.33. The van der Waals surface area contributed by atoms with Crippen LogP contribution in [0.2, 0.25) is 0 Å². The standard InChI is InChI=1S/C30H36N6O2/c1-20-18-35(28-8-4-22(16-31)30-27(28)7-9-29(37)34-30)19-25-15-24(10-12-36(20)25)33-23-5-2-21(3-6-23)14-26-17-32-11-13-38-26/h2-9,20,24-26,32-33H,10-15,17-19H2,1H3,(H,34,37). The molecule has 0 saturated carbocycles. The van der Waals surface area contributed by atoms with E-state index in [4.69, 9.17) is 4.74 Å². The number of nitrogens with one attached hydrogen (secondary N) is 3. The summed E-state index contributed by atoms with van der Waals surface area (Å²) in [5.74, 6) is 0. The van der Waals surface area contributed by atoms with E-state index in [-0.39, 0.29) is 11.7 Å². The number of pyridine rings is 1. The van der Waals surface area contributed by atoms with Crippen LogP contribution in [-0.2, 0) is 11.2 Å². The number of nitrogens with zero attached hydrogens (tertiary/aromatic N) is 3. The summed E-state index contributed by atoms with van der Waals surface area (Å²) in [5.41, 5.74) is 4.53. The summed E-state index contributed by atoms with van der Waals surface area (Å²) < 4.78 is 5.86. The molecular weight excluding hydrogens is 476 g/mol. The number of fused-ring (bicyclic) bond motifs is 2. The first-order valence-corrected chi connectivity index (χ1v) is 13.8. The van der Waals surface area contributed by atoms with Gasteiger partial charge in [-0.2, -0.15) is 5.26 Å². The summed E-state index contributed by atoms with van der Waals surface area (Å²) in [7, 11) is 0. The third kappa shape index (κ3) is 5.14. The van der Waals surface area contributed by atoms with Crippen molar-refractivity contribution in [2.45, 2.75) is 50.4 Å². The molecule has 0 amide bonds. The van der Waals surface area contributed by atoms with Crippen molar-refractivity contribution in [2.24, 2.45) is 0 Å². The molecule has 3 aromatic rings. The second-order valence-electron chi connectivity index (χ2n) is 11.0. The maximum Gasteiger partial charge on any atom is 0.248 e. The normalized spacial score (nSPS) is 26.1. The summed E-state index contributed by atoms with van der Waals surface area (Å²) in [6.45, 7) is 7.91. The number of H-pyrrole nitrogens is 1. The van der Waals surface area contributed by atoms with E-state index < -0.39 is 0 Å². The maximum absolute atomic E-state index is 12.0. The van der Waals surface area contributed by atoms with E-state index in [1.807, 2.05) is 18.2 Å². The number of morpholine rings is 1. The van der Waals surface area contributed by atoms with Crippen LogP contribution in [0.3, 0.4) is 0 Å². The third-order valence-corrected chi connectivity index (χ3v) is 8.37. The number of rotatable bonds is 5. The van der Waals surface area contributed by atoms with Crippen molar-refractivity contribution in [3.63, 3.8) is 0 Å². The molecule has 0 bridgehead atoms. The molecule has 1 aromatic heterocycles. The largest absolute Gasteiger partial charge is 0.382 e. The van der Waals surface area contributed by atoms with Gasteiger partial charge in [-0.1, -0.05) is 12.1 Å². The molecule has 0 radical (unpaired) electrons. The Hall–Kier alpha value is -3.38. The van der Waals surface area contributed by atoms with Crippen LogP contribution in [0.25, 0.3) is 10.9 Å². The average Bonchev–Trinajstić information content (AvgIpc) is 2.94. The van der Waals surface area contributed by atoms with Gasteiger partial charge in [0, 0.05) is 73.7 Å². The van der Waals surface area contributed by atoms with E-state index in [1.54, 1.807) is 6.07 Å². The van der Waals surface area contributed by atoms with Gasteiger partial charge in [-0.05, 0) is 62.1 Å². The monoisotopic (exact) mass is 512 g/mol. The zero-order valence-corrected chi connectivity index (χ0v) is 22.0. The number of aromatic nitrogens is 1. The smallest absolute Gasteiger partial charge is 0.248 e. The first-order chi connectivity index (χ1) is 18.6. The average molecular weight is 513 g/mol. The summed E-state index contributed by atoms with van der Waals surface area (Å²) in [4.78, 5) is 19.9. The van der Waals surface area contributed by atoms with Crippen molar-refractivity contribution in [1.29, 1.82) is 5.26 Å². The minimum atomic E-state index is -0.183. The number of piperazine rings is 1. The lowest BCUT2D eigenvalue weighted by Gasteiger charge is -2.50. The highest BCUT2D eigenvalue weighted by Gasteiger charge is 2.37. The first kappa shape index (κ1) is 24.9. The highest BCUT2D eigenvalue weighted by molar-refractivity contribution is 5.95. The van der Waals surface area contributed by atoms with Gasteiger partial charge in [-0.3, -0.25) is 9.69 Å². The predicted molar refractivity (Wildman–Crippen MR) is 151 cm³/mol. The van der Waals surface area contributed by atoms with Gasteiger partial charge in [0.25, 0.3) is 0 Å². The number of hydrogen-bond acceptors (Lipinski definition) is 7. The molecule has 0 spiro atoms. The zero-order chi connectivity index (χ0) is 26.1. The minimum Gasteiger partial charge on any atom is -0.382 e. The molecule has 198 valence electrons. The van der Waals surface area contributed by atoms with Crippen LogP contribution in [0.5, 0.6) is 0 Å². The number of nitriles is 1. The lowest BCUT2D eigenvalue weighted by atomic mass is 9.91. The number of ether oxygens (including phenoxy) is 1. The van der Waals surface area contributed by atoms with Crippen LogP contribution in [0.15, 0.2) is 53.3 Å². The lowest BCUT2D eigenvalue weighted by molar-refractivity contribution is 0.0292. The van der Waals surface area contributed by atoms with E-state index in [9.17, 15) is 10.1 Å². The number of benzene rings is 2. The quantitative estimate of drug-likeness (QED) is 0.484. The van der Waals surface area contributed by atoms with Crippen molar-refractivity contribution in [1.82, 2.24) is 15.2 Å². The Labute approximate surface area is 223 Å². The SMILES string of the molecule is CC1CN(c2ccc(C#N)c3[nH]c(=O)ccc23)CC2CC(Nc3ccc(CC4CNCCO4)cc3)CCN12. The van der Waals surface area contributed by atoms with Gasteiger partial charge in [0.2, 0.25) is 5.56 Å². The van der Waals surface area contributed by atoms with Crippen LogP contribution in [0.1, 0.15) is 30.9 Å². The van der Waals surface area contributed by atoms with Gasteiger partial charge in [-0.25, -0.2) is 0 Å². The molecule has 6 rings (SSSR count). The summed E-state index contributed by atoms with van der Waals surface area (Å²) in [6.07, 6.45) is 3.41. The van der Waals surface area contributed by atoms with Gasteiger partial charge in [-0.15, -0.1) is 0 Å². The fourth-order valence-corrected chi connectivity index (χ4v) is 6.50. The summed E-state index contributed by atoms with van der Waals surface area (Å²) in [6, 6.07) is 19.6. The Morgan fingerprint density at radius 3 is 2.79 bits per heavy atom. The molecule has 3 N–H and O–H groups in total. The molecule has 8 heteroatoms. The van der Waals surface area contributed by atoms with Crippen molar-refractivity contribution >= 4 is 22.3 Å². The molecule has 4 atom stereocenters. The fourth-order valence-electron chi connectivity index (χ4n) is 6.50. The second-order valence-corrected chi connectivity index (χ2v) is 11.0. The van der Waals surface area contributed by atoms with Crippen LogP contribution >= 0.6 is 0 Å². The zero-order valence-electron chi connectivity index (χ0n) is 22.0. The van der Waals surface area contributed by atoms with E-state index >= 15 is 0 Å². The third-order valence-electron chi connectivity index (χ3n) is 8.37. The summed E-state index contributed by atoms with van der Waals surface area (Å²) >= 11 is 0. The lowest BCUT2D eigenvalue weighted by Crippen LogP contribution is -2.61. The number of piperidine rings is 1. The van der Waals surface area contributed by atoms with Gasteiger partial charge < -0.3 is 25.3 Å². The van der Waals surface area contributed by atoms with Crippen LogP contribution in [0.4, 0.5) is 11.4 Å². The van der Waals surface area contributed by atoms with Gasteiger partial charge in [0.1, 0.15) is 6.07 Å². The van der Waals surface area contributed by atoms with Crippen LogP contribution < -0.4 is 21.1 Å². The van der Waals surface area contributed by atoms with E-state index in [0.29, 0.717) is 29.2 Å². The molecule has 3 fully saturated rings. The van der Waals surface area contributed by atoms with E-state index in [1.165, 1.54) is 11.3 Å². The van der Waals surface area contributed by atoms with Crippen molar-refractivity contribution in [2.75, 3.05) is 49.5 Å². The van der Waals surface area contributed by atoms with Gasteiger partial charge in [0.05, 0.1) is 23.8 Å². The Morgan fingerprint density at radius 2 is 2.00 bits per heavy atom. The van der Waals surface area contributed by atoms with Crippen molar-refractivity contribution < 1.29 is 4.74 Å². The van der Waals surface area contributed by atoms with E-state index in [0.717, 1.165) is 69.7 Å². The molecule has 3 aliphatic heterocycles. The number of hydrogen-bond donors (Lipinski definition) is 3. The molecule has 0 aliphatic carbocycles. The highest BCUT2D eigenvalue weighted by atomic mass is 16.5. The predicted octanol–water partition coefficient (Wildman–Crippen LogP) is 3.08. The molecular formula is C30H36N6O2. The van der Waals surface area contributed by atoms with Gasteiger partial charge in [0.15, 0.2) is 0 Å². The molecule has 3 aliphatic rings. The molecule has 4 heterocycles. The van der Waals surface area contributed by atoms with Crippen molar-refractivity contribution in [3.8, 4) is 6.07 Å². The minimum absolute atomic E-state index is 0.183. The number of anilines is 2. The van der Waals surface area contributed by atoms with Crippen molar-refractivity contribution in [3.05, 3.63) is 70.0 Å². The van der Waals surface area contributed by atoms with Crippen LogP contribution in [0, 0.1) is 11.3 Å². The Morgan fingerprint density at radius 1 is 1.13 bits per heavy atom. The molecule has 38 heavy (non-hydrogen) atoms. The topological polar surface area (TPSA) is 96.4 Å². The van der Waals surface area contributed by atoms with Gasteiger partial charge >= 0.3 is 0 Å². The van der Waals surface area contributed by atoms with E-state index in [2.05, 4.69) is 62.7 Å². The molecule has 2 aromatic carbocycles. The Kier molecular flexibility index (Phi) is 7.07.